The van der Waals surface area contributed by atoms with Crippen molar-refractivity contribution in [1.82, 2.24) is 4.98 Å². The second-order valence-corrected chi connectivity index (χ2v) is 5.45. The van der Waals surface area contributed by atoms with Gasteiger partial charge >= 0.3 is 5.97 Å². The summed E-state index contributed by atoms with van der Waals surface area (Å²) < 4.78 is 7.03. The standard InChI is InChI=1S/C13H9Br2NO3/c14-8-4-5-9(16-6-8)7-19-12-10(13(17)18)2-1-3-11(12)15/h1-6H,7H2,(H,17,18). The zero-order chi connectivity index (χ0) is 13.8. The largest absolute Gasteiger partial charge is 0.485 e. The molecule has 0 spiro atoms. The van der Waals surface area contributed by atoms with E-state index in [4.69, 9.17) is 9.84 Å². The first-order valence-electron chi connectivity index (χ1n) is 5.33. The number of halogens is 2. The van der Waals surface area contributed by atoms with Gasteiger partial charge in [0.15, 0.2) is 0 Å². The lowest BCUT2D eigenvalue weighted by molar-refractivity contribution is 0.0691. The molecule has 2 aromatic rings. The van der Waals surface area contributed by atoms with Crippen LogP contribution in [0.4, 0.5) is 0 Å². The van der Waals surface area contributed by atoms with Gasteiger partial charge in [0.05, 0.1) is 10.2 Å². The van der Waals surface area contributed by atoms with Crippen molar-refractivity contribution < 1.29 is 14.6 Å². The number of rotatable bonds is 4. The summed E-state index contributed by atoms with van der Waals surface area (Å²) in [7, 11) is 0. The molecule has 1 aromatic heterocycles. The van der Waals surface area contributed by atoms with E-state index >= 15 is 0 Å². The van der Waals surface area contributed by atoms with Crippen LogP contribution in [-0.2, 0) is 6.61 Å². The molecule has 0 saturated heterocycles. The van der Waals surface area contributed by atoms with E-state index in [2.05, 4.69) is 36.8 Å². The molecule has 0 aliphatic carbocycles. The normalized spacial score (nSPS) is 10.2. The Morgan fingerprint density at radius 1 is 1.26 bits per heavy atom. The van der Waals surface area contributed by atoms with Crippen LogP contribution in [0.2, 0.25) is 0 Å². The molecule has 0 radical (unpaired) electrons. The summed E-state index contributed by atoms with van der Waals surface area (Å²) in [4.78, 5) is 15.3. The van der Waals surface area contributed by atoms with Gasteiger partial charge in [-0.15, -0.1) is 0 Å². The van der Waals surface area contributed by atoms with Crippen molar-refractivity contribution in [2.45, 2.75) is 6.61 Å². The fraction of sp³-hybridized carbons (Fsp3) is 0.0769. The Balaban J connectivity index is 2.19. The van der Waals surface area contributed by atoms with Gasteiger partial charge in [0, 0.05) is 10.7 Å². The highest BCUT2D eigenvalue weighted by Gasteiger charge is 2.14. The van der Waals surface area contributed by atoms with Gasteiger partial charge in [-0.25, -0.2) is 4.79 Å². The summed E-state index contributed by atoms with van der Waals surface area (Å²) in [6.07, 6.45) is 1.66. The first-order chi connectivity index (χ1) is 9.08. The van der Waals surface area contributed by atoms with Crippen molar-refractivity contribution in [3.63, 3.8) is 0 Å². The summed E-state index contributed by atoms with van der Waals surface area (Å²) in [5, 5.41) is 9.10. The number of nitrogens with zero attached hydrogens (tertiary/aromatic N) is 1. The molecule has 2 rings (SSSR count). The van der Waals surface area contributed by atoms with Gasteiger partial charge in [0.1, 0.15) is 17.9 Å². The van der Waals surface area contributed by atoms with Gasteiger partial charge in [0.2, 0.25) is 0 Å². The number of carboxylic acids is 1. The SMILES string of the molecule is O=C(O)c1cccc(Br)c1OCc1ccc(Br)cn1. The average Bonchev–Trinajstić information content (AvgIpc) is 2.39. The zero-order valence-electron chi connectivity index (χ0n) is 9.64. The highest BCUT2D eigenvalue weighted by atomic mass is 79.9. The minimum Gasteiger partial charge on any atom is -0.485 e. The van der Waals surface area contributed by atoms with Crippen LogP contribution in [0.3, 0.4) is 0 Å². The van der Waals surface area contributed by atoms with E-state index in [0.29, 0.717) is 10.2 Å². The van der Waals surface area contributed by atoms with Crippen LogP contribution in [0.15, 0.2) is 45.5 Å². The first-order valence-corrected chi connectivity index (χ1v) is 6.91. The van der Waals surface area contributed by atoms with E-state index in [1.807, 2.05) is 6.07 Å². The van der Waals surface area contributed by atoms with Gasteiger partial charge in [-0.3, -0.25) is 4.98 Å². The minimum absolute atomic E-state index is 0.117. The molecule has 19 heavy (non-hydrogen) atoms. The predicted molar refractivity (Wildman–Crippen MR) is 77.4 cm³/mol. The summed E-state index contributed by atoms with van der Waals surface area (Å²) >= 11 is 6.58. The van der Waals surface area contributed by atoms with Crippen LogP contribution in [0.1, 0.15) is 16.1 Å². The van der Waals surface area contributed by atoms with Crippen molar-refractivity contribution in [2.24, 2.45) is 0 Å². The van der Waals surface area contributed by atoms with Gasteiger partial charge in [-0.05, 0) is 56.1 Å². The van der Waals surface area contributed by atoms with Crippen molar-refractivity contribution in [1.29, 1.82) is 0 Å². The molecule has 0 aliphatic rings. The Morgan fingerprint density at radius 2 is 2.05 bits per heavy atom. The number of benzene rings is 1. The summed E-state index contributed by atoms with van der Waals surface area (Å²) in [6, 6.07) is 8.54. The quantitative estimate of drug-likeness (QED) is 0.865. The van der Waals surface area contributed by atoms with E-state index in [9.17, 15) is 4.79 Å². The Morgan fingerprint density at radius 3 is 2.68 bits per heavy atom. The van der Waals surface area contributed by atoms with Crippen LogP contribution in [-0.4, -0.2) is 16.1 Å². The second kappa shape index (κ2) is 6.16. The van der Waals surface area contributed by atoms with Crippen LogP contribution in [0.25, 0.3) is 0 Å². The number of para-hydroxylation sites is 1. The maximum Gasteiger partial charge on any atom is 0.339 e. The second-order valence-electron chi connectivity index (χ2n) is 3.68. The summed E-state index contributed by atoms with van der Waals surface area (Å²) in [5.74, 6) is -0.722. The Labute approximate surface area is 126 Å². The van der Waals surface area contributed by atoms with E-state index in [1.165, 1.54) is 6.07 Å². The molecular weight excluding hydrogens is 378 g/mol. The van der Waals surface area contributed by atoms with Crippen molar-refractivity contribution in [3.05, 3.63) is 56.7 Å². The molecule has 0 saturated carbocycles. The summed E-state index contributed by atoms with van der Waals surface area (Å²) in [5.41, 5.74) is 0.835. The van der Waals surface area contributed by atoms with E-state index in [-0.39, 0.29) is 12.2 Å². The first kappa shape index (κ1) is 14.0. The molecule has 6 heteroatoms. The molecule has 0 amide bonds. The monoisotopic (exact) mass is 385 g/mol. The molecule has 0 fully saturated rings. The van der Waals surface area contributed by atoms with Gasteiger partial charge in [-0.2, -0.15) is 0 Å². The smallest absolute Gasteiger partial charge is 0.339 e. The number of carboxylic acid groups (broad SMARTS) is 1. The van der Waals surface area contributed by atoms with Gasteiger partial charge < -0.3 is 9.84 Å². The zero-order valence-corrected chi connectivity index (χ0v) is 12.8. The van der Waals surface area contributed by atoms with E-state index in [1.54, 1.807) is 24.4 Å². The number of ether oxygens (including phenoxy) is 1. The van der Waals surface area contributed by atoms with Crippen LogP contribution >= 0.6 is 31.9 Å². The van der Waals surface area contributed by atoms with Crippen molar-refractivity contribution in [3.8, 4) is 5.75 Å². The fourth-order valence-electron chi connectivity index (χ4n) is 1.46. The third-order valence-electron chi connectivity index (χ3n) is 2.35. The number of aromatic carboxylic acids is 1. The molecule has 1 aromatic carbocycles. The third kappa shape index (κ3) is 3.54. The fourth-order valence-corrected chi connectivity index (χ4v) is 2.18. The lowest BCUT2D eigenvalue weighted by Crippen LogP contribution is -2.04. The van der Waals surface area contributed by atoms with Crippen LogP contribution < -0.4 is 4.74 Å². The lowest BCUT2D eigenvalue weighted by Gasteiger charge is -2.10. The van der Waals surface area contributed by atoms with E-state index in [0.717, 1.165) is 10.2 Å². The Kier molecular flexibility index (Phi) is 4.55. The van der Waals surface area contributed by atoms with Crippen LogP contribution in [0.5, 0.6) is 5.75 Å². The lowest BCUT2D eigenvalue weighted by atomic mass is 10.2. The average molecular weight is 387 g/mol. The van der Waals surface area contributed by atoms with Gasteiger partial charge in [0.25, 0.3) is 0 Å². The highest BCUT2D eigenvalue weighted by Crippen LogP contribution is 2.29. The molecule has 4 nitrogen and oxygen atoms in total. The maximum atomic E-state index is 11.1. The topological polar surface area (TPSA) is 59.4 Å². The van der Waals surface area contributed by atoms with Crippen molar-refractivity contribution in [2.75, 3.05) is 0 Å². The molecule has 1 N–H and O–H groups in total. The van der Waals surface area contributed by atoms with Crippen molar-refractivity contribution >= 4 is 37.8 Å². The number of hydrogen-bond donors (Lipinski definition) is 1. The highest BCUT2D eigenvalue weighted by molar-refractivity contribution is 9.10. The molecule has 98 valence electrons. The Hall–Kier alpha value is -1.40. The number of pyridine rings is 1. The molecule has 1 heterocycles. The molecule has 0 atom stereocenters. The predicted octanol–water partition coefficient (Wildman–Crippen LogP) is 3.88. The number of carbonyl (C=O) groups is 1. The minimum atomic E-state index is -1.03. The van der Waals surface area contributed by atoms with Gasteiger partial charge in [-0.1, -0.05) is 6.07 Å². The van der Waals surface area contributed by atoms with E-state index < -0.39 is 5.97 Å². The Bertz CT molecular complexity index is 599. The molecular formula is C13H9Br2NO3. The number of aromatic nitrogens is 1. The summed E-state index contributed by atoms with van der Waals surface area (Å²) in [6.45, 7) is 0.205. The molecule has 0 bridgehead atoms. The maximum absolute atomic E-state index is 11.1. The molecule has 0 aliphatic heterocycles. The number of hydrogen-bond acceptors (Lipinski definition) is 3. The van der Waals surface area contributed by atoms with Crippen LogP contribution in [0, 0.1) is 0 Å². The molecule has 0 unspecified atom stereocenters. The third-order valence-corrected chi connectivity index (χ3v) is 3.44.